The van der Waals surface area contributed by atoms with E-state index in [4.69, 9.17) is 49.8 Å². The van der Waals surface area contributed by atoms with Crippen LogP contribution in [0.15, 0.2) is 53.5 Å². The molecule has 0 radical (unpaired) electrons. The minimum atomic E-state index is -0.560. The van der Waals surface area contributed by atoms with Gasteiger partial charge in [-0.05, 0) is 69.7 Å². The second kappa shape index (κ2) is 22.0. The first-order valence-corrected chi connectivity index (χ1v) is 19.4. The maximum Gasteiger partial charge on any atom is 0.227 e. The number of rotatable bonds is 24. The number of aryl methyl sites for hydroxylation is 2. The van der Waals surface area contributed by atoms with Gasteiger partial charge in [-0.15, -0.1) is 21.5 Å². The second-order valence-corrected chi connectivity index (χ2v) is 13.9. The molecule has 2 aromatic carbocycles. The highest BCUT2D eigenvalue weighted by atomic mass is 35.5. The Kier molecular flexibility index (Phi) is 16.9. The third-order valence-electron chi connectivity index (χ3n) is 8.43. The third-order valence-corrected chi connectivity index (χ3v) is 9.88. The summed E-state index contributed by atoms with van der Waals surface area (Å²) in [5.74, 6) is 1.85. The molecule has 292 valence electrons. The average Bonchev–Trinajstić information content (AvgIpc) is 3.65. The van der Waals surface area contributed by atoms with Gasteiger partial charge in [-0.1, -0.05) is 23.7 Å². The van der Waals surface area contributed by atoms with E-state index < -0.39 is 6.04 Å². The van der Waals surface area contributed by atoms with Gasteiger partial charge in [0.05, 0.1) is 84.8 Å². The fourth-order valence-electron chi connectivity index (χ4n) is 5.62. The van der Waals surface area contributed by atoms with Crippen molar-refractivity contribution in [1.82, 2.24) is 14.8 Å². The summed E-state index contributed by atoms with van der Waals surface area (Å²) < 4.78 is 40.5. The molecule has 0 fully saturated rings. The van der Waals surface area contributed by atoms with Gasteiger partial charge in [-0.2, -0.15) is 0 Å². The molecule has 5 rings (SSSR count). The largest absolute Gasteiger partial charge is 0.491 e. The van der Waals surface area contributed by atoms with Gasteiger partial charge in [0.15, 0.2) is 5.82 Å². The Hall–Kier alpha value is -3.73. The van der Waals surface area contributed by atoms with Crippen LogP contribution in [0.4, 0.5) is 5.69 Å². The number of aromatic nitrogens is 3. The Morgan fingerprint density at radius 2 is 1.31 bits per heavy atom. The van der Waals surface area contributed by atoms with E-state index in [1.54, 1.807) is 11.3 Å². The summed E-state index contributed by atoms with van der Waals surface area (Å²) >= 11 is 7.90. The van der Waals surface area contributed by atoms with Crippen LogP contribution in [-0.2, 0) is 33.2 Å². The van der Waals surface area contributed by atoms with Crippen molar-refractivity contribution in [2.24, 2.45) is 4.99 Å². The van der Waals surface area contributed by atoms with Gasteiger partial charge in [0.1, 0.15) is 29.2 Å². The van der Waals surface area contributed by atoms with Gasteiger partial charge in [0.25, 0.3) is 0 Å². The molecular formula is C39H50ClN5O8S. The highest BCUT2D eigenvalue weighted by molar-refractivity contribution is 7.15. The second-order valence-electron chi connectivity index (χ2n) is 12.3. The van der Waals surface area contributed by atoms with Gasteiger partial charge in [0, 0.05) is 33.3 Å². The van der Waals surface area contributed by atoms with Crippen LogP contribution in [-0.4, -0.2) is 112 Å². The number of carbonyl (C=O) groups excluding carboxylic acids is 1. The number of ether oxygens (including phenoxy) is 7. The average molecular weight is 784 g/mol. The molecule has 0 saturated heterocycles. The summed E-state index contributed by atoms with van der Waals surface area (Å²) in [6.07, 6.45) is 0.0794. The van der Waals surface area contributed by atoms with Crippen molar-refractivity contribution in [3.05, 3.63) is 86.8 Å². The molecule has 0 aliphatic carbocycles. The lowest BCUT2D eigenvalue weighted by atomic mass is 9.99. The molecule has 1 aliphatic rings. The number of hydrogen-bond donors (Lipinski definition) is 1. The maximum atomic E-state index is 13.4. The highest BCUT2D eigenvalue weighted by Gasteiger charge is 2.32. The van der Waals surface area contributed by atoms with E-state index in [1.165, 1.54) is 4.88 Å². The van der Waals surface area contributed by atoms with Gasteiger partial charge in [0.2, 0.25) is 5.91 Å². The number of thiophene rings is 1. The van der Waals surface area contributed by atoms with E-state index >= 15 is 0 Å². The minimum Gasteiger partial charge on any atom is -0.491 e. The number of nitrogens with one attached hydrogen (secondary N) is 1. The number of nitrogens with zero attached hydrogens (tertiary/aromatic N) is 4. The first kappa shape index (κ1) is 41.4. The lowest BCUT2D eigenvalue weighted by molar-refractivity contribution is -0.116. The van der Waals surface area contributed by atoms with Crippen LogP contribution in [0.5, 0.6) is 5.75 Å². The molecule has 13 nitrogen and oxygen atoms in total. The fraction of sp³-hybridized carbons (Fsp3) is 0.487. The van der Waals surface area contributed by atoms with Crippen LogP contribution < -0.4 is 10.1 Å². The quantitative estimate of drug-likeness (QED) is 0.0804. The first-order valence-electron chi connectivity index (χ1n) is 18.2. The Morgan fingerprint density at radius 1 is 0.759 bits per heavy atom. The number of hydrogen-bond acceptors (Lipinski definition) is 12. The van der Waals surface area contributed by atoms with Gasteiger partial charge >= 0.3 is 0 Å². The molecule has 15 heteroatoms. The van der Waals surface area contributed by atoms with Crippen molar-refractivity contribution >= 4 is 40.2 Å². The van der Waals surface area contributed by atoms with Crippen molar-refractivity contribution < 1.29 is 38.0 Å². The van der Waals surface area contributed by atoms with E-state index in [2.05, 4.69) is 29.4 Å². The zero-order valence-corrected chi connectivity index (χ0v) is 33.0. The van der Waals surface area contributed by atoms with E-state index in [-0.39, 0.29) is 12.3 Å². The van der Waals surface area contributed by atoms with Gasteiger partial charge in [-0.25, -0.2) is 0 Å². The van der Waals surface area contributed by atoms with Crippen molar-refractivity contribution in [2.75, 3.05) is 91.2 Å². The zero-order valence-electron chi connectivity index (χ0n) is 31.4. The monoisotopic (exact) mass is 783 g/mol. The van der Waals surface area contributed by atoms with Crippen molar-refractivity contribution in [2.45, 2.75) is 40.2 Å². The highest BCUT2D eigenvalue weighted by Crippen LogP contribution is 2.39. The molecule has 0 unspecified atom stereocenters. The summed E-state index contributed by atoms with van der Waals surface area (Å²) in [7, 11) is 0. The minimum absolute atomic E-state index is 0.0794. The zero-order chi connectivity index (χ0) is 38.1. The lowest BCUT2D eigenvalue weighted by Crippen LogP contribution is -2.17. The summed E-state index contributed by atoms with van der Waals surface area (Å²) in [5, 5.41) is 13.5. The molecule has 4 aromatic rings. The molecule has 1 atom stereocenters. The predicted octanol–water partition coefficient (Wildman–Crippen LogP) is 6.33. The van der Waals surface area contributed by atoms with E-state index in [0.717, 1.165) is 33.2 Å². The number of carbonyl (C=O) groups is 1. The van der Waals surface area contributed by atoms with E-state index in [1.807, 2.05) is 66.9 Å². The first-order chi connectivity index (χ1) is 26.4. The summed E-state index contributed by atoms with van der Waals surface area (Å²) in [4.78, 5) is 19.8. The smallest absolute Gasteiger partial charge is 0.227 e. The number of amides is 1. The van der Waals surface area contributed by atoms with Crippen LogP contribution in [0.3, 0.4) is 0 Å². The predicted molar refractivity (Wildman–Crippen MR) is 209 cm³/mol. The molecule has 1 N–H and O–H groups in total. The molecule has 1 aliphatic heterocycles. The number of benzene rings is 2. The summed E-state index contributed by atoms with van der Waals surface area (Å²) in [6.45, 7) is 14.8. The number of aliphatic imine (C=N–C) groups is 1. The van der Waals surface area contributed by atoms with Gasteiger partial charge in [-0.3, -0.25) is 14.4 Å². The molecule has 0 saturated carbocycles. The van der Waals surface area contributed by atoms with Crippen LogP contribution in [0.25, 0.3) is 5.00 Å². The lowest BCUT2D eigenvalue weighted by Gasteiger charge is -2.13. The van der Waals surface area contributed by atoms with Crippen molar-refractivity contribution in [3.8, 4) is 10.8 Å². The Labute approximate surface area is 325 Å². The summed E-state index contributed by atoms with van der Waals surface area (Å²) in [5.41, 5.74) is 4.53. The topological polar surface area (TPSA) is 137 Å². The molecular weight excluding hydrogens is 734 g/mol. The normalized spacial score (nSPS) is 13.6. The van der Waals surface area contributed by atoms with Crippen molar-refractivity contribution in [3.63, 3.8) is 0 Å². The number of fused-ring (bicyclic) bond motifs is 3. The number of anilines is 1. The van der Waals surface area contributed by atoms with Crippen LogP contribution in [0.2, 0.25) is 5.02 Å². The van der Waals surface area contributed by atoms with E-state index in [0.29, 0.717) is 108 Å². The number of halogens is 1. The molecule has 0 bridgehead atoms. The Bertz CT molecular complexity index is 1780. The molecule has 3 heterocycles. The van der Waals surface area contributed by atoms with Crippen LogP contribution in [0, 0.1) is 20.8 Å². The van der Waals surface area contributed by atoms with Crippen molar-refractivity contribution in [1.29, 1.82) is 0 Å². The third kappa shape index (κ3) is 12.1. The van der Waals surface area contributed by atoms with Crippen LogP contribution in [0.1, 0.15) is 52.6 Å². The SMILES string of the molecule is CCOCCOCCOCCOCCOCCOCCOc1ccc(NC(=O)C[C@@H]2N=C(c3ccc(Cl)cc3)c3c(sc(C)c3C)-n3c(C)nnc32)cc1. The van der Waals surface area contributed by atoms with Crippen LogP contribution >= 0.6 is 22.9 Å². The summed E-state index contributed by atoms with van der Waals surface area (Å²) in [6, 6.07) is 14.3. The fourth-order valence-corrected chi connectivity index (χ4v) is 6.96. The van der Waals surface area contributed by atoms with Gasteiger partial charge < -0.3 is 38.5 Å². The molecule has 1 amide bonds. The maximum absolute atomic E-state index is 13.4. The molecule has 54 heavy (non-hydrogen) atoms. The molecule has 0 spiro atoms. The molecule has 2 aromatic heterocycles. The Balaban J connectivity index is 1.00. The Morgan fingerprint density at radius 3 is 1.89 bits per heavy atom. The standard InChI is InChI=1S/C39H50ClN5O8S/c1-5-47-14-15-48-16-17-49-18-19-50-20-21-51-22-23-52-24-25-53-33-12-10-32(11-13-33)41-35(46)26-34-38-44-43-29(4)45(38)39-36(27(2)28(3)54-39)37(42-34)30-6-8-31(40)9-7-30/h6-13,34H,5,14-26H2,1-4H3,(H,41,46)/t34-/m0/s1. The van der Waals surface area contributed by atoms with E-state index in [9.17, 15) is 4.79 Å².